The van der Waals surface area contributed by atoms with Crippen LogP contribution in [0.1, 0.15) is 25.0 Å². The first-order valence-corrected chi connectivity index (χ1v) is 9.21. The van der Waals surface area contributed by atoms with Gasteiger partial charge in [0, 0.05) is 31.7 Å². The average Bonchev–Trinajstić information content (AvgIpc) is 2.64. The third-order valence-corrected chi connectivity index (χ3v) is 3.82. The van der Waals surface area contributed by atoms with Crippen molar-refractivity contribution in [2.75, 3.05) is 26.2 Å². The summed E-state index contributed by atoms with van der Waals surface area (Å²) in [5.74, 6) is 1.57. The molecule has 0 heterocycles. The second kappa shape index (κ2) is 15.4. The molecule has 0 aliphatic rings. The number of benzene rings is 2. The summed E-state index contributed by atoms with van der Waals surface area (Å²) in [6.45, 7) is 7.76. The second-order valence-electron chi connectivity index (χ2n) is 6.18. The van der Waals surface area contributed by atoms with E-state index >= 15 is 0 Å². The third kappa shape index (κ3) is 9.62. The van der Waals surface area contributed by atoms with Gasteiger partial charge in [0.25, 0.3) is 0 Å². The third-order valence-electron chi connectivity index (χ3n) is 3.82. The summed E-state index contributed by atoms with van der Waals surface area (Å²) in [7, 11) is 0. The van der Waals surface area contributed by atoms with Crippen LogP contribution < -0.4 is 20.1 Å². The van der Waals surface area contributed by atoms with Crippen molar-refractivity contribution in [1.82, 2.24) is 10.6 Å². The van der Waals surface area contributed by atoms with Crippen LogP contribution in [-0.4, -0.2) is 37.5 Å². The molecule has 28 heavy (non-hydrogen) atoms. The van der Waals surface area contributed by atoms with E-state index < -0.39 is 0 Å². The van der Waals surface area contributed by atoms with Crippen molar-refractivity contribution in [2.45, 2.75) is 33.1 Å². The van der Waals surface area contributed by atoms with Gasteiger partial charge in [-0.3, -0.25) is 0 Å². The van der Waals surface area contributed by atoms with E-state index in [2.05, 4.69) is 28.8 Å². The molecule has 0 saturated carbocycles. The maximum atomic E-state index is 9.24. The lowest BCUT2D eigenvalue weighted by Crippen LogP contribution is -2.31. The zero-order valence-corrected chi connectivity index (χ0v) is 18.2. The fraction of sp³-hybridized carbons (Fsp3) is 0.429. The molecule has 0 radical (unpaired) electrons. The summed E-state index contributed by atoms with van der Waals surface area (Å²) >= 11 is 0. The lowest BCUT2D eigenvalue weighted by Gasteiger charge is -2.17. The molecule has 7 heteroatoms. The highest BCUT2D eigenvalue weighted by atomic mass is 35.5. The van der Waals surface area contributed by atoms with Crippen molar-refractivity contribution in [3.8, 4) is 11.5 Å². The summed E-state index contributed by atoms with van der Waals surface area (Å²) in [4.78, 5) is 0. The van der Waals surface area contributed by atoms with Crippen LogP contribution in [0.3, 0.4) is 0 Å². The van der Waals surface area contributed by atoms with Gasteiger partial charge in [-0.05, 0) is 25.5 Å². The van der Waals surface area contributed by atoms with Gasteiger partial charge in [-0.1, -0.05) is 42.5 Å². The van der Waals surface area contributed by atoms with Crippen LogP contribution in [0.15, 0.2) is 48.5 Å². The molecule has 0 aromatic heterocycles. The number of ether oxygens (including phenoxy) is 2. The van der Waals surface area contributed by atoms with E-state index in [-0.39, 0.29) is 30.9 Å². The fourth-order valence-electron chi connectivity index (χ4n) is 2.57. The van der Waals surface area contributed by atoms with E-state index in [1.807, 2.05) is 37.3 Å². The average molecular weight is 431 g/mol. The van der Waals surface area contributed by atoms with Crippen molar-refractivity contribution in [3.63, 3.8) is 0 Å². The minimum atomic E-state index is -0.323. The number of para-hydroxylation sites is 1. The topological polar surface area (TPSA) is 62.8 Å². The number of hydrogen-bond donors (Lipinski definition) is 3. The molecule has 2 aromatic rings. The molecule has 3 N–H and O–H groups in total. The van der Waals surface area contributed by atoms with Crippen LogP contribution in [-0.2, 0) is 13.2 Å². The minimum Gasteiger partial charge on any atom is -0.490 e. The zero-order valence-electron chi connectivity index (χ0n) is 16.5. The molecule has 5 nitrogen and oxygen atoms in total. The zero-order chi connectivity index (χ0) is 18.6. The van der Waals surface area contributed by atoms with Crippen LogP contribution in [0.5, 0.6) is 11.5 Å². The Hall–Kier alpha value is -1.50. The SMILES string of the molecule is CCOc1cccc(CNCCNCC(C)O)c1OCc1ccccc1.Cl.Cl. The highest BCUT2D eigenvalue weighted by molar-refractivity contribution is 5.85. The normalized spacial score (nSPS) is 11.1. The first-order valence-electron chi connectivity index (χ1n) is 9.21. The smallest absolute Gasteiger partial charge is 0.166 e. The van der Waals surface area contributed by atoms with Gasteiger partial charge in [-0.2, -0.15) is 0 Å². The molecule has 0 saturated heterocycles. The van der Waals surface area contributed by atoms with E-state index in [1.54, 1.807) is 6.92 Å². The molecule has 158 valence electrons. The Morgan fingerprint density at radius 3 is 2.32 bits per heavy atom. The van der Waals surface area contributed by atoms with Gasteiger partial charge in [-0.25, -0.2) is 0 Å². The molecular weight excluding hydrogens is 399 g/mol. The molecule has 2 rings (SSSR count). The summed E-state index contributed by atoms with van der Waals surface area (Å²) in [5, 5.41) is 15.8. The number of aliphatic hydroxyl groups excluding tert-OH is 1. The van der Waals surface area contributed by atoms with Crippen molar-refractivity contribution in [2.24, 2.45) is 0 Å². The molecule has 0 bridgehead atoms. The Kier molecular flexibility index (Phi) is 14.6. The lowest BCUT2D eigenvalue weighted by molar-refractivity contribution is 0.191. The van der Waals surface area contributed by atoms with Gasteiger partial charge in [0.1, 0.15) is 6.61 Å². The molecule has 0 amide bonds. The van der Waals surface area contributed by atoms with Crippen LogP contribution in [0.25, 0.3) is 0 Å². The molecule has 0 spiro atoms. The summed E-state index contributed by atoms with van der Waals surface area (Å²) in [5.41, 5.74) is 2.20. The van der Waals surface area contributed by atoms with Gasteiger partial charge in [0.2, 0.25) is 0 Å². The quantitative estimate of drug-likeness (QED) is 0.449. The van der Waals surface area contributed by atoms with E-state index in [1.165, 1.54) is 0 Å². The standard InChI is InChI=1S/C21H30N2O3.2ClH/c1-3-25-20-11-7-10-19(15-23-13-12-22-14-17(2)24)21(20)26-16-18-8-5-4-6-9-18;;/h4-11,17,22-24H,3,12-16H2,1-2H3;2*1H. The second-order valence-corrected chi connectivity index (χ2v) is 6.18. The Morgan fingerprint density at radius 2 is 1.64 bits per heavy atom. The van der Waals surface area contributed by atoms with Crippen LogP contribution >= 0.6 is 24.8 Å². The molecule has 0 aliphatic heterocycles. The fourth-order valence-corrected chi connectivity index (χ4v) is 2.57. The van der Waals surface area contributed by atoms with Crippen LogP contribution in [0.2, 0.25) is 0 Å². The van der Waals surface area contributed by atoms with E-state index in [0.717, 1.165) is 35.7 Å². The molecule has 1 unspecified atom stereocenters. The lowest BCUT2D eigenvalue weighted by atomic mass is 10.1. The first-order chi connectivity index (χ1) is 12.7. The van der Waals surface area contributed by atoms with Gasteiger partial charge in [0.15, 0.2) is 11.5 Å². The number of rotatable bonds is 12. The maximum Gasteiger partial charge on any atom is 0.166 e. The van der Waals surface area contributed by atoms with Crippen molar-refractivity contribution in [3.05, 3.63) is 59.7 Å². The Labute approximate surface area is 180 Å². The Bertz CT molecular complexity index is 643. The van der Waals surface area contributed by atoms with Gasteiger partial charge < -0.3 is 25.2 Å². The Balaban J connectivity index is 0.00000364. The Morgan fingerprint density at radius 1 is 0.929 bits per heavy atom. The highest BCUT2D eigenvalue weighted by Gasteiger charge is 2.11. The predicted molar refractivity (Wildman–Crippen MR) is 119 cm³/mol. The summed E-state index contributed by atoms with van der Waals surface area (Å²) < 4.78 is 11.8. The number of nitrogens with one attached hydrogen (secondary N) is 2. The number of halogens is 2. The number of hydrogen-bond acceptors (Lipinski definition) is 5. The summed E-state index contributed by atoms with van der Waals surface area (Å²) in [6, 6.07) is 16.1. The molecular formula is C21H32Cl2N2O3. The van der Waals surface area contributed by atoms with Gasteiger partial charge in [0.05, 0.1) is 12.7 Å². The van der Waals surface area contributed by atoms with Crippen molar-refractivity contribution < 1.29 is 14.6 Å². The number of aliphatic hydroxyl groups is 1. The summed E-state index contributed by atoms with van der Waals surface area (Å²) in [6.07, 6.45) is -0.323. The molecule has 2 aromatic carbocycles. The van der Waals surface area contributed by atoms with E-state index in [0.29, 0.717) is 26.3 Å². The molecule has 0 fully saturated rings. The monoisotopic (exact) mass is 430 g/mol. The van der Waals surface area contributed by atoms with E-state index in [9.17, 15) is 5.11 Å². The van der Waals surface area contributed by atoms with E-state index in [4.69, 9.17) is 9.47 Å². The van der Waals surface area contributed by atoms with Crippen molar-refractivity contribution >= 4 is 24.8 Å². The molecule has 0 aliphatic carbocycles. The maximum absolute atomic E-state index is 9.24. The largest absolute Gasteiger partial charge is 0.490 e. The van der Waals surface area contributed by atoms with Gasteiger partial charge in [-0.15, -0.1) is 24.8 Å². The minimum absolute atomic E-state index is 0. The first kappa shape index (κ1) is 26.5. The van der Waals surface area contributed by atoms with Crippen LogP contribution in [0, 0.1) is 0 Å². The highest BCUT2D eigenvalue weighted by Crippen LogP contribution is 2.32. The van der Waals surface area contributed by atoms with Crippen molar-refractivity contribution in [1.29, 1.82) is 0 Å². The predicted octanol–water partition coefficient (Wildman–Crippen LogP) is 3.57. The van der Waals surface area contributed by atoms with Crippen LogP contribution in [0.4, 0.5) is 0 Å². The molecule has 1 atom stereocenters. The van der Waals surface area contributed by atoms with Gasteiger partial charge >= 0.3 is 0 Å².